The topological polar surface area (TPSA) is 18.5 Å². The Morgan fingerprint density at radius 2 is 2.30 bits per heavy atom. The maximum Gasteiger partial charge on any atom is 0.188 e. The Kier molecular flexibility index (Phi) is 5.45. The third-order valence-electron chi connectivity index (χ3n) is 0.875. The average molecular weight is 165 g/mol. The minimum absolute atomic E-state index is 0.0426. The maximum absolute atomic E-state index is 5.46. The van der Waals surface area contributed by atoms with E-state index in [9.17, 15) is 0 Å². The lowest BCUT2D eigenvalue weighted by Crippen LogP contribution is -2.11. The van der Waals surface area contributed by atoms with Gasteiger partial charge in [0.15, 0.2) is 6.79 Å². The van der Waals surface area contributed by atoms with Gasteiger partial charge < -0.3 is 9.47 Å². The van der Waals surface area contributed by atoms with Crippen LogP contribution in [0.5, 0.6) is 0 Å². The van der Waals surface area contributed by atoms with Crippen LogP contribution in [-0.4, -0.2) is 18.8 Å². The SMILES string of the molecule is C=C(C)OCOC(C)CCl. The van der Waals surface area contributed by atoms with Crippen LogP contribution < -0.4 is 0 Å². The minimum atomic E-state index is 0.0426. The number of ether oxygens (including phenoxy) is 2. The first kappa shape index (κ1) is 9.79. The highest BCUT2D eigenvalue weighted by atomic mass is 35.5. The highest BCUT2D eigenvalue weighted by Gasteiger charge is 1.97. The molecule has 3 heteroatoms. The lowest BCUT2D eigenvalue weighted by Gasteiger charge is -2.09. The summed E-state index contributed by atoms with van der Waals surface area (Å²) in [6.07, 6.45) is 0.0426. The van der Waals surface area contributed by atoms with Gasteiger partial charge in [-0.2, -0.15) is 0 Å². The maximum atomic E-state index is 5.46. The molecule has 0 aliphatic rings. The summed E-state index contributed by atoms with van der Waals surface area (Å²) in [6, 6.07) is 0. The van der Waals surface area contributed by atoms with Crippen molar-refractivity contribution in [2.45, 2.75) is 20.0 Å². The number of rotatable bonds is 5. The van der Waals surface area contributed by atoms with Gasteiger partial charge >= 0.3 is 0 Å². The second kappa shape index (κ2) is 5.57. The molecule has 0 aliphatic carbocycles. The van der Waals surface area contributed by atoms with Crippen LogP contribution in [-0.2, 0) is 9.47 Å². The van der Waals surface area contributed by atoms with Gasteiger partial charge in [0.05, 0.1) is 11.9 Å². The molecule has 0 amide bonds. The highest BCUT2D eigenvalue weighted by molar-refractivity contribution is 6.18. The third-order valence-corrected chi connectivity index (χ3v) is 1.31. The van der Waals surface area contributed by atoms with E-state index in [1.165, 1.54) is 0 Å². The van der Waals surface area contributed by atoms with Crippen molar-refractivity contribution in [3.63, 3.8) is 0 Å². The average Bonchev–Trinajstić information content (AvgIpc) is 1.87. The molecule has 1 unspecified atom stereocenters. The first-order valence-corrected chi connectivity index (χ1v) is 3.66. The molecule has 2 nitrogen and oxygen atoms in total. The van der Waals surface area contributed by atoms with Crippen molar-refractivity contribution in [1.82, 2.24) is 0 Å². The summed E-state index contributed by atoms with van der Waals surface area (Å²) >= 11 is 5.46. The molecule has 0 radical (unpaired) electrons. The molecule has 0 spiro atoms. The van der Waals surface area contributed by atoms with E-state index in [-0.39, 0.29) is 12.9 Å². The molecule has 0 bridgehead atoms. The fourth-order valence-electron chi connectivity index (χ4n) is 0.295. The Morgan fingerprint density at radius 1 is 1.70 bits per heavy atom. The van der Waals surface area contributed by atoms with Gasteiger partial charge in [0.2, 0.25) is 0 Å². The fourth-order valence-corrected chi connectivity index (χ4v) is 0.384. The van der Waals surface area contributed by atoms with Crippen LogP contribution in [0.3, 0.4) is 0 Å². The lowest BCUT2D eigenvalue weighted by molar-refractivity contribution is -0.0503. The fraction of sp³-hybridized carbons (Fsp3) is 0.714. The standard InChI is InChI=1S/C7H13ClO2/c1-6(2)9-5-10-7(3)4-8/h7H,1,4-5H2,2-3H3. The van der Waals surface area contributed by atoms with Crippen LogP contribution in [0.4, 0.5) is 0 Å². The zero-order valence-electron chi connectivity index (χ0n) is 6.39. The summed E-state index contributed by atoms with van der Waals surface area (Å²) < 4.78 is 10.0. The number of hydrogen-bond donors (Lipinski definition) is 0. The summed E-state index contributed by atoms with van der Waals surface area (Å²) in [5, 5.41) is 0. The Morgan fingerprint density at radius 3 is 2.70 bits per heavy atom. The molecule has 0 aromatic carbocycles. The zero-order chi connectivity index (χ0) is 7.98. The van der Waals surface area contributed by atoms with Crippen LogP contribution in [0.15, 0.2) is 12.3 Å². The van der Waals surface area contributed by atoms with E-state index in [4.69, 9.17) is 21.1 Å². The number of halogens is 1. The lowest BCUT2D eigenvalue weighted by atomic mass is 10.5. The van der Waals surface area contributed by atoms with Gasteiger partial charge in [-0.15, -0.1) is 11.6 Å². The molecular formula is C7H13ClO2. The molecule has 0 saturated carbocycles. The first-order chi connectivity index (χ1) is 4.66. The summed E-state index contributed by atoms with van der Waals surface area (Å²) in [7, 11) is 0. The van der Waals surface area contributed by atoms with Gasteiger partial charge in [-0.1, -0.05) is 6.58 Å². The van der Waals surface area contributed by atoms with E-state index < -0.39 is 0 Å². The summed E-state index contributed by atoms with van der Waals surface area (Å²) in [5.74, 6) is 1.14. The number of alkyl halides is 1. The molecule has 60 valence electrons. The zero-order valence-corrected chi connectivity index (χ0v) is 7.15. The molecular weight excluding hydrogens is 152 g/mol. The van der Waals surface area contributed by atoms with Crippen molar-refractivity contribution >= 4 is 11.6 Å². The molecule has 0 heterocycles. The summed E-state index contributed by atoms with van der Waals surface area (Å²) in [5.41, 5.74) is 0. The second-order valence-electron chi connectivity index (χ2n) is 2.10. The van der Waals surface area contributed by atoms with Gasteiger partial charge in [-0.3, -0.25) is 0 Å². The van der Waals surface area contributed by atoms with E-state index in [2.05, 4.69) is 6.58 Å². The minimum Gasteiger partial charge on any atom is -0.473 e. The molecule has 1 atom stereocenters. The number of hydrogen-bond acceptors (Lipinski definition) is 2. The van der Waals surface area contributed by atoms with Crippen molar-refractivity contribution in [3.05, 3.63) is 12.3 Å². The van der Waals surface area contributed by atoms with Crippen molar-refractivity contribution < 1.29 is 9.47 Å². The van der Waals surface area contributed by atoms with Crippen molar-refractivity contribution in [1.29, 1.82) is 0 Å². The Balaban J connectivity index is 3.11. The molecule has 0 fully saturated rings. The largest absolute Gasteiger partial charge is 0.473 e. The Bertz CT molecular complexity index is 104. The van der Waals surface area contributed by atoms with Crippen LogP contribution >= 0.6 is 11.6 Å². The normalized spacial score (nSPS) is 12.7. The first-order valence-electron chi connectivity index (χ1n) is 3.12. The predicted octanol–water partition coefficient (Wildman–Crippen LogP) is 2.14. The molecule has 0 rings (SSSR count). The van der Waals surface area contributed by atoms with Crippen molar-refractivity contribution in [3.8, 4) is 0 Å². The van der Waals surface area contributed by atoms with Gasteiger partial charge in [-0.05, 0) is 13.8 Å². The van der Waals surface area contributed by atoms with Crippen LogP contribution in [0.25, 0.3) is 0 Å². The second-order valence-corrected chi connectivity index (χ2v) is 2.40. The van der Waals surface area contributed by atoms with Crippen molar-refractivity contribution in [2.75, 3.05) is 12.7 Å². The molecule has 0 aromatic heterocycles. The molecule has 0 N–H and O–H groups in total. The Labute approximate surface area is 66.8 Å². The van der Waals surface area contributed by atoms with Gasteiger partial charge in [0.25, 0.3) is 0 Å². The van der Waals surface area contributed by atoms with Crippen LogP contribution in [0, 0.1) is 0 Å². The Hall–Kier alpha value is -0.210. The summed E-state index contributed by atoms with van der Waals surface area (Å²) in [6.45, 7) is 7.44. The smallest absolute Gasteiger partial charge is 0.188 e. The van der Waals surface area contributed by atoms with Crippen molar-refractivity contribution in [2.24, 2.45) is 0 Å². The van der Waals surface area contributed by atoms with Crippen LogP contribution in [0.1, 0.15) is 13.8 Å². The van der Waals surface area contributed by atoms with Gasteiger partial charge in [-0.25, -0.2) is 0 Å². The van der Waals surface area contributed by atoms with E-state index in [0.29, 0.717) is 11.6 Å². The predicted molar refractivity (Wildman–Crippen MR) is 42.0 cm³/mol. The molecule has 10 heavy (non-hydrogen) atoms. The van der Waals surface area contributed by atoms with E-state index in [1.54, 1.807) is 6.92 Å². The number of allylic oxidation sites excluding steroid dienone is 1. The summed E-state index contributed by atoms with van der Waals surface area (Å²) in [4.78, 5) is 0. The third kappa shape index (κ3) is 5.92. The van der Waals surface area contributed by atoms with Gasteiger partial charge in [0, 0.05) is 5.88 Å². The molecule has 0 saturated heterocycles. The van der Waals surface area contributed by atoms with E-state index >= 15 is 0 Å². The van der Waals surface area contributed by atoms with E-state index in [1.807, 2.05) is 6.92 Å². The van der Waals surface area contributed by atoms with E-state index in [0.717, 1.165) is 0 Å². The monoisotopic (exact) mass is 164 g/mol. The van der Waals surface area contributed by atoms with Crippen LogP contribution in [0.2, 0.25) is 0 Å². The quantitative estimate of drug-likeness (QED) is 0.352. The molecule has 0 aromatic rings. The molecule has 0 aliphatic heterocycles. The van der Waals surface area contributed by atoms with Gasteiger partial charge in [0.1, 0.15) is 0 Å². The highest BCUT2D eigenvalue weighted by Crippen LogP contribution is 1.96.